The van der Waals surface area contributed by atoms with E-state index in [4.69, 9.17) is 0 Å². The first-order chi connectivity index (χ1) is 9.37. The average molecular weight is 300 g/mol. The molecular formula is C12H20N4O3S. The lowest BCUT2D eigenvalue weighted by Gasteiger charge is -2.34. The summed E-state index contributed by atoms with van der Waals surface area (Å²) in [5.74, 6) is -0.188. The lowest BCUT2D eigenvalue weighted by atomic mass is 10.1. The first-order valence-corrected chi connectivity index (χ1v) is 8.51. The summed E-state index contributed by atoms with van der Waals surface area (Å²) in [5.41, 5.74) is 0. The molecule has 0 unspecified atom stereocenters. The Morgan fingerprint density at radius 3 is 2.85 bits per heavy atom. The largest absolute Gasteiger partial charge is 0.339 e. The van der Waals surface area contributed by atoms with E-state index in [9.17, 15) is 13.2 Å². The Bertz CT molecular complexity index is 555. The molecule has 0 saturated carbocycles. The van der Waals surface area contributed by atoms with Crippen LogP contribution in [-0.4, -0.2) is 54.4 Å². The number of aromatic nitrogens is 2. The molecule has 0 spiro atoms. The topological polar surface area (TPSA) is 84.3 Å². The van der Waals surface area contributed by atoms with Gasteiger partial charge in [-0.05, 0) is 25.8 Å². The third-order valence-corrected chi connectivity index (χ3v) is 4.15. The van der Waals surface area contributed by atoms with Gasteiger partial charge in [0.1, 0.15) is 0 Å². The van der Waals surface area contributed by atoms with Crippen molar-refractivity contribution in [3.8, 4) is 0 Å². The molecule has 2 atom stereocenters. The van der Waals surface area contributed by atoms with Crippen LogP contribution in [0.15, 0.2) is 18.5 Å². The zero-order chi connectivity index (χ0) is 14.8. The van der Waals surface area contributed by atoms with E-state index in [-0.39, 0.29) is 11.9 Å². The average Bonchev–Trinajstić information content (AvgIpc) is 2.90. The van der Waals surface area contributed by atoms with Crippen LogP contribution in [0, 0.1) is 0 Å². The molecule has 1 fully saturated rings. The van der Waals surface area contributed by atoms with Gasteiger partial charge >= 0.3 is 0 Å². The summed E-state index contributed by atoms with van der Waals surface area (Å²) >= 11 is 0. The van der Waals surface area contributed by atoms with E-state index in [2.05, 4.69) is 9.82 Å². The van der Waals surface area contributed by atoms with Crippen LogP contribution < -0.4 is 4.72 Å². The highest BCUT2D eigenvalue weighted by atomic mass is 32.2. The van der Waals surface area contributed by atoms with Crippen LogP contribution in [0.25, 0.3) is 0 Å². The highest BCUT2D eigenvalue weighted by Gasteiger charge is 2.28. The molecule has 1 aliphatic rings. The monoisotopic (exact) mass is 300 g/mol. The highest BCUT2D eigenvalue weighted by Crippen LogP contribution is 2.21. The predicted molar refractivity (Wildman–Crippen MR) is 74.5 cm³/mol. The van der Waals surface area contributed by atoms with Crippen molar-refractivity contribution >= 4 is 15.9 Å². The zero-order valence-electron chi connectivity index (χ0n) is 11.7. The first kappa shape index (κ1) is 15.0. The lowest BCUT2D eigenvalue weighted by molar-refractivity contribution is -0.134. The molecule has 1 N–H and O–H groups in total. The lowest BCUT2D eigenvalue weighted by Crippen LogP contribution is -2.50. The van der Waals surface area contributed by atoms with Crippen LogP contribution in [0.1, 0.15) is 25.8 Å². The van der Waals surface area contributed by atoms with Gasteiger partial charge < -0.3 is 4.90 Å². The molecule has 8 heteroatoms. The van der Waals surface area contributed by atoms with Crippen LogP contribution in [0.5, 0.6) is 0 Å². The van der Waals surface area contributed by atoms with Gasteiger partial charge in [0.25, 0.3) is 0 Å². The predicted octanol–water partition coefficient (Wildman–Crippen LogP) is -0.0157. The SMILES string of the molecule is C[C@H](NS(C)(=O)=O)C(=O)N1CCC[C@@H](n2cccn2)C1. The van der Waals surface area contributed by atoms with Gasteiger partial charge in [-0.1, -0.05) is 0 Å². The number of hydrogen-bond donors (Lipinski definition) is 1. The van der Waals surface area contributed by atoms with E-state index >= 15 is 0 Å². The summed E-state index contributed by atoms with van der Waals surface area (Å²) < 4.78 is 26.5. The fourth-order valence-corrected chi connectivity index (χ4v) is 3.26. The standard InChI is InChI=1S/C12H20N4O3S/c1-10(14-20(2,18)19)12(17)15-7-3-5-11(9-15)16-8-4-6-13-16/h4,6,8,10-11,14H,3,5,7,9H2,1-2H3/t10-,11+/m0/s1. The van der Waals surface area contributed by atoms with Gasteiger partial charge in [0.15, 0.2) is 0 Å². The van der Waals surface area contributed by atoms with Gasteiger partial charge in [-0.2, -0.15) is 5.10 Å². The van der Waals surface area contributed by atoms with Gasteiger partial charge in [-0.15, -0.1) is 0 Å². The molecule has 2 rings (SSSR count). The maximum Gasteiger partial charge on any atom is 0.240 e. The zero-order valence-corrected chi connectivity index (χ0v) is 12.5. The van der Waals surface area contributed by atoms with E-state index < -0.39 is 16.1 Å². The molecule has 1 amide bonds. The number of sulfonamides is 1. The molecule has 1 aromatic heterocycles. The van der Waals surface area contributed by atoms with Crippen molar-refractivity contribution in [2.75, 3.05) is 19.3 Å². The molecule has 0 aliphatic carbocycles. The fraction of sp³-hybridized carbons (Fsp3) is 0.667. The van der Waals surface area contributed by atoms with Crippen LogP contribution in [0.4, 0.5) is 0 Å². The maximum absolute atomic E-state index is 12.3. The second kappa shape index (κ2) is 5.92. The number of piperidine rings is 1. The normalized spacial score (nSPS) is 21.7. The fourth-order valence-electron chi connectivity index (χ4n) is 2.51. The molecule has 112 valence electrons. The first-order valence-electron chi connectivity index (χ1n) is 6.62. The molecule has 0 aromatic carbocycles. The number of amides is 1. The number of nitrogens with zero attached hydrogens (tertiary/aromatic N) is 3. The van der Waals surface area contributed by atoms with Crippen molar-refractivity contribution in [3.63, 3.8) is 0 Å². The van der Waals surface area contributed by atoms with E-state index in [1.807, 2.05) is 16.9 Å². The van der Waals surface area contributed by atoms with Gasteiger partial charge in [-0.3, -0.25) is 9.48 Å². The van der Waals surface area contributed by atoms with Crippen molar-refractivity contribution in [2.24, 2.45) is 0 Å². The second-order valence-corrected chi connectivity index (χ2v) is 6.96. The van der Waals surface area contributed by atoms with Gasteiger partial charge in [-0.25, -0.2) is 13.1 Å². The molecule has 0 radical (unpaired) electrons. The summed E-state index contributed by atoms with van der Waals surface area (Å²) in [5, 5.41) is 4.21. The summed E-state index contributed by atoms with van der Waals surface area (Å²) in [6.07, 6.45) is 6.52. The minimum atomic E-state index is -3.38. The third-order valence-electron chi connectivity index (χ3n) is 3.37. The van der Waals surface area contributed by atoms with Gasteiger partial charge in [0, 0.05) is 25.5 Å². The van der Waals surface area contributed by atoms with E-state index in [1.54, 1.807) is 18.0 Å². The van der Waals surface area contributed by atoms with E-state index in [0.29, 0.717) is 13.1 Å². The molecular weight excluding hydrogens is 280 g/mol. The Kier molecular flexibility index (Phi) is 4.44. The Labute approximate surface area is 119 Å². The molecule has 2 heterocycles. The Hall–Kier alpha value is -1.41. The van der Waals surface area contributed by atoms with Crippen molar-refractivity contribution in [1.82, 2.24) is 19.4 Å². The molecule has 1 saturated heterocycles. The minimum absolute atomic E-state index is 0.160. The highest BCUT2D eigenvalue weighted by molar-refractivity contribution is 7.88. The molecule has 1 aromatic rings. The Balaban J connectivity index is 2.00. The third kappa shape index (κ3) is 3.80. The Morgan fingerprint density at radius 1 is 1.50 bits per heavy atom. The summed E-state index contributed by atoms with van der Waals surface area (Å²) in [6, 6.07) is 1.28. The number of hydrogen-bond acceptors (Lipinski definition) is 4. The molecule has 7 nitrogen and oxygen atoms in total. The smallest absolute Gasteiger partial charge is 0.240 e. The van der Waals surface area contributed by atoms with Crippen molar-refractivity contribution < 1.29 is 13.2 Å². The maximum atomic E-state index is 12.3. The van der Waals surface area contributed by atoms with Crippen molar-refractivity contribution in [2.45, 2.75) is 31.8 Å². The minimum Gasteiger partial charge on any atom is -0.339 e. The van der Waals surface area contributed by atoms with E-state index in [0.717, 1.165) is 19.1 Å². The van der Waals surface area contributed by atoms with Crippen molar-refractivity contribution in [1.29, 1.82) is 0 Å². The number of rotatable bonds is 4. The second-order valence-electron chi connectivity index (χ2n) is 5.18. The Morgan fingerprint density at radius 2 is 2.25 bits per heavy atom. The van der Waals surface area contributed by atoms with Gasteiger partial charge in [0.2, 0.25) is 15.9 Å². The van der Waals surface area contributed by atoms with Crippen molar-refractivity contribution in [3.05, 3.63) is 18.5 Å². The number of nitrogens with one attached hydrogen (secondary N) is 1. The van der Waals surface area contributed by atoms with E-state index in [1.165, 1.54) is 0 Å². The van der Waals surface area contributed by atoms with Crippen LogP contribution in [-0.2, 0) is 14.8 Å². The quantitative estimate of drug-likeness (QED) is 0.847. The van der Waals surface area contributed by atoms with Crippen LogP contribution in [0.2, 0.25) is 0 Å². The summed E-state index contributed by atoms with van der Waals surface area (Å²) in [4.78, 5) is 14.0. The summed E-state index contributed by atoms with van der Waals surface area (Å²) in [7, 11) is -3.38. The molecule has 0 bridgehead atoms. The van der Waals surface area contributed by atoms with Crippen LogP contribution in [0.3, 0.4) is 0 Å². The molecule has 1 aliphatic heterocycles. The number of carbonyl (C=O) groups is 1. The molecule has 20 heavy (non-hydrogen) atoms. The number of carbonyl (C=O) groups excluding carboxylic acids is 1. The van der Waals surface area contributed by atoms with Crippen LogP contribution >= 0.6 is 0 Å². The number of likely N-dealkylation sites (tertiary alicyclic amines) is 1. The summed E-state index contributed by atoms with van der Waals surface area (Å²) in [6.45, 7) is 2.80. The van der Waals surface area contributed by atoms with Gasteiger partial charge in [0.05, 0.1) is 18.3 Å².